The van der Waals surface area contributed by atoms with Crippen LogP contribution in [0.2, 0.25) is 5.02 Å². The number of H-pyrrole nitrogens is 1. The second-order valence-electron chi connectivity index (χ2n) is 4.98. The number of halogens is 1. The Morgan fingerprint density at radius 1 is 1.33 bits per heavy atom. The van der Waals surface area contributed by atoms with Gasteiger partial charge in [0.2, 0.25) is 0 Å². The van der Waals surface area contributed by atoms with Gasteiger partial charge in [-0.1, -0.05) is 23.7 Å². The number of rotatable bonds is 4. The molecule has 5 nitrogen and oxygen atoms in total. The van der Waals surface area contributed by atoms with E-state index in [1.54, 1.807) is 6.34 Å². The second-order valence-corrected chi connectivity index (χ2v) is 5.41. The van der Waals surface area contributed by atoms with E-state index in [-0.39, 0.29) is 18.8 Å². The number of aliphatic hydroxyl groups is 1. The highest BCUT2D eigenvalue weighted by Crippen LogP contribution is 2.35. The fraction of sp³-hybridized carbons (Fsp3) is 0.267. The summed E-state index contributed by atoms with van der Waals surface area (Å²) in [5.74, 6) is 0.922. The third-order valence-electron chi connectivity index (χ3n) is 3.68. The van der Waals surface area contributed by atoms with E-state index in [1.165, 1.54) is 0 Å². The zero-order valence-electron chi connectivity index (χ0n) is 11.4. The number of hydrogen-bond acceptors (Lipinski definition) is 4. The van der Waals surface area contributed by atoms with Gasteiger partial charge in [-0.2, -0.15) is 0 Å². The Morgan fingerprint density at radius 2 is 2.10 bits per heavy atom. The molecule has 0 amide bonds. The summed E-state index contributed by atoms with van der Waals surface area (Å²) < 4.78 is 0. The first-order valence-corrected chi connectivity index (χ1v) is 7.19. The summed E-state index contributed by atoms with van der Waals surface area (Å²) in [6.07, 6.45) is 3.83. The van der Waals surface area contributed by atoms with Crippen LogP contribution in [0.4, 0.5) is 5.82 Å². The molecule has 0 bridgehead atoms. The summed E-state index contributed by atoms with van der Waals surface area (Å²) in [5.41, 5.74) is 7.99. The number of nitrogens with zero attached hydrogens (tertiary/aromatic N) is 2. The monoisotopic (exact) mass is 304 g/mol. The van der Waals surface area contributed by atoms with E-state index < -0.39 is 0 Å². The Labute approximate surface area is 128 Å². The maximum atomic E-state index is 9.40. The minimum absolute atomic E-state index is 0.0269. The van der Waals surface area contributed by atoms with E-state index in [0.717, 1.165) is 16.9 Å². The smallest absolute Gasteiger partial charge is 0.128 e. The van der Waals surface area contributed by atoms with Crippen LogP contribution in [0.3, 0.4) is 0 Å². The molecular weight excluding hydrogens is 288 g/mol. The molecule has 0 aliphatic carbocycles. The predicted molar refractivity (Wildman–Crippen MR) is 84.6 cm³/mol. The van der Waals surface area contributed by atoms with Crippen molar-refractivity contribution >= 4 is 23.8 Å². The molecule has 0 saturated carbocycles. The van der Waals surface area contributed by atoms with Gasteiger partial charge in [0, 0.05) is 23.4 Å². The van der Waals surface area contributed by atoms with E-state index >= 15 is 0 Å². The molecule has 0 fully saturated rings. The molecule has 21 heavy (non-hydrogen) atoms. The van der Waals surface area contributed by atoms with Crippen molar-refractivity contribution in [2.75, 3.05) is 11.5 Å². The average Bonchev–Trinajstić information content (AvgIpc) is 2.97. The minimum atomic E-state index is -0.345. The molecule has 1 unspecified atom stereocenters. The lowest BCUT2D eigenvalue weighted by Crippen LogP contribution is -2.33. The Balaban J connectivity index is 1.98. The van der Waals surface area contributed by atoms with Crippen LogP contribution in [0.1, 0.15) is 29.8 Å². The molecule has 0 radical (unpaired) electrons. The average molecular weight is 305 g/mol. The van der Waals surface area contributed by atoms with Gasteiger partial charge in [0.1, 0.15) is 12.0 Å². The molecule has 0 saturated heterocycles. The van der Waals surface area contributed by atoms with Crippen molar-refractivity contribution in [1.82, 2.24) is 4.98 Å². The van der Waals surface area contributed by atoms with E-state index in [4.69, 9.17) is 17.3 Å². The Hall–Kier alpha value is -1.82. The molecule has 1 aromatic carbocycles. The zero-order chi connectivity index (χ0) is 14.8. The van der Waals surface area contributed by atoms with Gasteiger partial charge >= 0.3 is 0 Å². The van der Waals surface area contributed by atoms with Gasteiger partial charge in [0.15, 0.2) is 0 Å². The predicted octanol–water partition coefficient (Wildman–Crippen LogP) is 2.60. The number of hydrogen-bond donors (Lipinski definition) is 3. The summed E-state index contributed by atoms with van der Waals surface area (Å²) in [4.78, 5) is 9.54. The van der Waals surface area contributed by atoms with Crippen LogP contribution in [0, 0.1) is 0 Å². The van der Waals surface area contributed by atoms with Crippen molar-refractivity contribution in [3.05, 3.63) is 52.7 Å². The van der Waals surface area contributed by atoms with Crippen LogP contribution in [0.25, 0.3) is 0 Å². The topological polar surface area (TPSA) is 77.6 Å². The summed E-state index contributed by atoms with van der Waals surface area (Å²) in [7, 11) is 0. The SMILES string of the molecule is NC1N=CN([C@@H](CCO)c2ccc(Cl)cc2)c2[nH]ccc21. The number of aliphatic hydroxyl groups excluding tert-OH is 1. The van der Waals surface area contributed by atoms with Crippen LogP contribution in [-0.4, -0.2) is 23.0 Å². The fourth-order valence-electron chi connectivity index (χ4n) is 2.63. The number of benzene rings is 1. The molecule has 6 heteroatoms. The van der Waals surface area contributed by atoms with E-state index in [9.17, 15) is 5.11 Å². The number of fused-ring (bicyclic) bond motifs is 1. The van der Waals surface area contributed by atoms with Crippen LogP contribution in [0.5, 0.6) is 0 Å². The lowest BCUT2D eigenvalue weighted by Gasteiger charge is -2.33. The number of aromatic nitrogens is 1. The van der Waals surface area contributed by atoms with Crippen molar-refractivity contribution in [3.8, 4) is 0 Å². The Morgan fingerprint density at radius 3 is 2.81 bits per heavy atom. The van der Waals surface area contributed by atoms with Crippen LogP contribution in [-0.2, 0) is 0 Å². The van der Waals surface area contributed by atoms with Crippen LogP contribution < -0.4 is 10.6 Å². The molecule has 2 aromatic rings. The number of aromatic amines is 1. The molecule has 4 N–H and O–H groups in total. The molecular formula is C15H17ClN4O. The molecule has 1 aromatic heterocycles. The fourth-order valence-corrected chi connectivity index (χ4v) is 2.75. The maximum absolute atomic E-state index is 9.40. The van der Waals surface area contributed by atoms with Gasteiger partial charge in [-0.05, 0) is 30.2 Å². The molecule has 110 valence electrons. The first kappa shape index (κ1) is 14.1. The summed E-state index contributed by atoms with van der Waals surface area (Å²) in [6.45, 7) is 0.0831. The van der Waals surface area contributed by atoms with Crippen molar-refractivity contribution in [2.24, 2.45) is 10.7 Å². The zero-order valence-corrected chi connectivity index (χ0v) is 12.2. The summed E-state index contributed by atoms with van der Waals surface area (Å²) >= 11 is 5.95. The van der Waals surface area contributed by atoms with Gasteiger partial charge in [0.05, 0.1) is 12.4 Å². The number of nitrogens with two attached hydrogens (primary N) is 1. The molecule has 1 aliphatic heterocycles. The summed E-state index contributed by atoms with van der Waals surface area (Å²) in [5, 5.41) is 10.1. The quantitative estimate of drug-likeness (QED) is 0.812. The largest absolute Gasteiger partial charge is 0.396 e. The van der Waals surface area contributed by atoms with Crippen molar-refractivity contribution in [2.45, 2.75) is 18.6 Å². The van der Waals surface area contributed by atoms with Crippen LogP contribution >= 0.6 is 11.6 Å². The number of anilines is 1. The van der Waals surface area contributed by atoms with Crippen molar-refractivity contribution < 1.29 is 5.11 Å². The maximum Gasteiger partial charge on any atom is 0.128 e. The highest BCUT2D eigenvalue weighted by Gasteiger charge is 2.27. The van der Waals surface area contributed by atoms with Gasteiger partial charge < -0.3 is 20.7 Å². The van der Waals surface area contributed by atoms with Gasteiger partial charge in [-0.25, -0.2) is 0 Å². The molecule has 2 atom stereocenters. The highest BCUT2D eigenvalue weighted by molar-refractivity contribution is 6.30. The van der Waals surface area contributed by atoms with E-state index in [2.05, 4.69) is 9.98 Å². The third kappa shape index (κ3) is 2.68. The second kappa shape index (κ2) is 5.89. The minimum Gasteiger partial charge on any atom is -0.396 e. The lowest BCUT2D eigenvalue weighted by molar-refractivity contribution is 0.276. The first-order valence-electron chi connectivity index (χ1n) is 6.81. The Bertz CT molecular complexity index is 637. The van der Waals surface area contributed by atoms with Gasteiger partial charge in [0.25, 0.3) is 0 Å². The number of aliphatic imine (C=N–C) groups is 1. The van der Waals surface area contributed by atoms with E-state index in [1.807, 2.05) is 41.4 Å². The lowest BCUT2D eigenvalue weighted by atomic mass is 10.0. The number of nitrogens with one attached hydrogen (secondary N) is 1. The summed E-state index contributed by atoms with van der Waals surface area (Å²) in [6, 6.07) is 9.54. The van der Waals surface area contributed by atoms with Crippen molar-refractivity contribution in [3.63, 3.8) is 0 Å². The first-order chi connectivity index (χ1) is 10.2. The van der Waals surface area contributed by atoms with Gasteiger partial charge in [-0.15, -0.1) is 0 Å². The molecule has 0 spiro atoms. The molecule has 2 heterocycles. The third-order valence-corrected chi connectivity index (χ3v) is 3.93. The normalized spacial score (nSPS) is 18.6. The van der Waals surface area contributed by atoms with Crippen LogP contribution in [0.15, 0.2) is 41.5 Å². The van der Waals surface area contributed by atoms with Gasteiger partial charge in [-0.3, -0.25) is 4.99 Å². The van der Waals surface area contributed by atoms with E-state index in [0.29, 0.717) is 11.4 Å². The highest BCUT2D eigenvalue weighted by atomic mass is 35.5. The molecule has 1 aliphatic rings. The Kier molecular flexibility index (Phi) is 3.96. The van der Waals surface area contributed by atoms with Crippen molar-refractivity contribution in [1.29, 1.82) is 0 Å². The standard InChI is InChI=1S/C15H17ClN4O/c16-11-3-1-10(2-4-11)13(6-8-21)20-9-19-14(17)12-5-7-18-15(12)20/h1-5,7,9,13-14,18,21H,6,8,17H2/t13-,14?/m0/s1. The molecule has 3 rings (SSSR count).